The Labute approximate surface area is 196 Å². The fourth-order valence-corrected chi connectivity index (χ4v) is 3.75. The van der Waals surface area contributed by atoms with Gasteiger partial charge in [0.1, 0.15) is 0 Å². The van der Waals surface area contributed by atoms with E-state index >= 15 is 0 Å². The molecule has 7 nitrogen and oxygen atoms in total. The van der Waals surface area contributed by atoms with E-state index in [1.54, 1.807) is 32.5 Å². The summed E-state index contributed by atoms with van der Waals surface area (Å²) < 4.78 is 16.2. The van der Waals surface area contributed by atoms with E-state index in [9.17, 15) is 4.79 Å². The molecule has 0 aliphatic heterocycles. The van der Waals surface area contributed by atoms with E-state index in [2.05, 4.69) is 15.3 Å². The Kier molecular flexibility index (Phi) is 6.60. The highest BCUT2D eigenvalue weighted by molar-refractivity contribution is 6.31. The number of benzene rings is 3. The van der Waals surface area contributed by atoms with E-state index in [1.807, 2.05) is 48.5 Å². The summed E-state index contributed by atoms with van der Waals surface area (Å²) in [6.07, 6.45) is 1.10. The fourth-order valence-electron chi connectivity index (χ4n) is 3.47. The molecular weight excluding hydrogens is 442 g/mol. The van der Waals surface area contributed by atoms with Gasteiger partial charge in [-0.2, -0.15) is 0 Å². The Balaban J connectivity index is 1.62. The standard InChI is InChI=1S/C25H22ClN3O4/c1-15(30)33-24(16-7-5-4-6-8-16)19-10-9-18(12-20(19)26)28-25-27-14-17-11-22(31-2)23(32-3)13-21(17)29-25/h4-14,24H,1-3H3,(H,27,28,29). The van der Waals surface area contributed by atoms with Crippen LogP contribution >= 0.6 is 11.6 Å². The van der Waals surface area contributed by atoms with Crippen LogP contribution in [0.2, 0.25) is 5.02 Å². The first-order chi connectivity index (χ1) is 16.0. The maximum absolute atomic E-state index is 11.7. The molecule has 1 atom stereocenters. The lowest BCUT2D eigenvalue weighted by Crippen LogP contribution is -2.10. The van der Waals surface area contributed by atoms with Crippen molar-refractivity contribution in [3.8, 4) is 11.5 Å². The van der Waals surface area contributed by atoms with Crippen LogP contribution < -0.4 is 14.8 Å². The summed E-state index contributed by atoms with van der Waals surface area (Å²) >= 11 is 6.59. The number of esters is 1. The minimum absolute atomic E-state index is 0.390. The van der Waals surface area contributed by atoms with Crippen LogP contribution in [-0.2, 0) is 9.53 Å². The molecule has 0 saturated carbocycles. The number of ether oxygens (including phenoxy) is 3. The average molecular weight is 464 g/mol. The fraction of sp³-hybridized carbons (Fsp3) is 0.160. The summed E-state index contributed by atoms with van der Waals surface area (Å²) in [5, 5.41) is 4.43. The Morgan fingerprint density at radius 3 is 2.39 bits per heavy atom. The summed E-state index contributed by atoms with van der Waals surface area (Å²) in [6, 6.07) is 18.5. The largest absolute Gasteiger partial charge is 0.493 e. The molecule has 8 heteroatoms. The lowest BCUT2D eigenvalue weighted by molar-refractivity contribution is -0.144. The third-order valence-electron chi connectivity index (χ3n) is 5.01. The molecule has 0 amide bonds. The van der Waals surface area contributed by atoms with E-state index in [1.165, 1.54) is 6.92 Å². The second kappa shape index (κ2) is 9.75. The van der Waals surface area contributed by atoms with Crippen molar-refractivity contribution < 1.29 is 19.0 Å². The first-order valence-electron chi connectivity index (χ1n) is 10.2. The van der Waals surface area contributed by atoms with Crippen molar-refractivity contribution in [3.05, 3.63) is 83.0 Å². The topological polar surface area (TPSA) is 82.6 Å². The van der Waals surface area contributed by atoms with Crippen LogP contribution in [0.15, 0.2) is 66.9 Å². The molecule has 0 aliphatic rings. The van der Waals surface area contributed by atoms with Crippen LogP contribution in [-0.4, -0.2) is 30.2 Å². The predicted molar refractivity (Wildman–Crippen MR) is 127 cm³/mol. The zero-order chi connectivity index (χ0) is 23.4. The van der Waals surface area contributed by atoms with Crippen LogP contribution in [0.5, 0.6) is 11.5 Å². The second-order valence-electron chi connectivity index (χ2n) is 7.22. The number of aromatic nitrogens is 2. The van der Waals surface area contributed by atoms with Gasteiger partial charge in [0.15, 0.2) is 17.6 Å². The number of hydrogen-bond acceptors (Lipinski definition) is 7. The van der Waals surface area contributed by atoms with Crippen molar-refractivity contribution in [2.75, 3.05) is 19.5 Å². The van der Waals surface area contributed by atoms with Gasteiger partial charge in [-0.05, 0) is 23.8 Å². The van der Waals surface area contributed by atoms with Gasteiger partial charge in [-0.25, -0.2) is 9.97 Å². The SMILES string of the molecule is COc1cc2cnc(Nc3ccc(C(OC(C)=O)c4ccccc4)c(Cl)c3)nc2cc1OC. The van der Waals surface area contributed by atoms with E-state index in [0.717, 1.165) is 10.9 Å². The maximum Gasteiger partial charge on any atom is 0.303 e. The molecule has 0 aliphatic carbocycles. The van der Waals surface area contributed by atoms with Gasteiger partial charge in [0.2, 0.25) is 5.95 Å². The summed E-state index contributed by atoms with van der Waals surface area (Å²) in [6.45, 7) is 1.38. The molecule has 0 radical (unpaired) electrons. The normalized spacial score (nSPS) is 11.6. The summed E-state index contributed by atoms with van der Waals surface area (Å²) in [5.74, 6) is 1.20. The number of hydrogen-bond donors (Lipinski definition) is 1. The quantitative estimate of drug-likeness (QED) is 0.352. The molecule has 1 N–H and O–H groups in total. The van der Waals surface area contributed by atoms with E-state index in [-0.39, 0.29) is 0 Å². The average Bonchev–Trinajstić information content (AvgIpc) is 2.82. The predicted octanol–water partition coefficient (Wildman–Crippen LogP) is 5.70. The van der Waals surface area contributed by atoms with Crippen molar-refractivity contribution in [1.29, 1.82) is 0 Å². The molecule has 0 fully saturated rings. The summed E-state index contributed by atoms with van der Waals surface area (Å²) in [7, 11) is 3.16. The van der Waals surface area contributed by atoms with Crippen molar-refractivity contribution >= 4 is 40.1 Å². The van der Waals surface area contributed by atoms with Crippen LogP contribution in [0.3, 0.4) is 0 Å². The Bertz CT molecular complexity index is 1300. The van der Waals surface area contributed by atoms with Crippen LogP contribution in [0.1, 0.15) is 24.2 Å². The maximum atomic E-state index is 11.7. The molecule has 33 heavy (non-hydrogen) atoms. The highest BCUT2D eigenvalue weighted by Gasteiger charge is 2.20. The van der Waals surface area contributed by atoms with Gasteiger partial charge in [0, 0.05) is 40.8 Å². The zero-order valence-electron chi connectivity index (χ0n) is 18.3. The lowest BCUT2D eigenvalue weighted by atomic mass is 10.0. The summed E-state index contributed by atoms with van der Waals surface area (Å²) in [4.78, 5) is 20.6. The monoisotopic (exact) mass is 463 g/mol. The number of carbonyl (C=O) groups is 1. The molecule has 1 heterocycles. The minimum Gasteiger partial charge on any atom is -0.493 e. The third kappa shape index (κ3) is 4.99. The number of nitrogens with zero attached hydrogens (tertiary/aromatic N) is 2. The molecule has 0 bridgehead atoms. The lowest BCUT2D eigenvalue weighted by Gasteiger charge is -2.20. The number of halogens is 1. The van der Waals surface area contributed by atoms with E-state index in [0.29, 0.717) is 39.2 Å². The number of nitrogens with one attached hydrogen (secondary N) is 1. The van der Waals surface area contributed by atoms with Gasteiger partial charge in [-0.15, -0.1) is 0 Å². The smallest absolute Gasteiger partial charge is 0.303 e. The van der Waals surface area contributed by atoms with Crippen LogP contribution in [0.4, 0.5) is 11.6 Å². The Hall–Kier alpha value is -3.84. The Morgan fingerprint density at radius 2 is 1.73 bits per heavy atom. The highest BCUT2D eigenvalue weighted by Crippen LogP contribution is 2.34. The molecule has 3 aromatic carbocycles. The molecule has 0 spiro atoms. The molecule has 4 aromatic rings. The molecule has 1 unspecified atom stereocenters. The highest BCUT2D eigenvalue weighted by atomic mass is 35.5. The van der Waals surface area contributed by atoms with Crippen molar-refractivity contribution in [2.45, 2.75) is 13.0 Å². The molecule has 1 aromatic heterocycles. The Morgan fingerprint density at radius 1 is 1.00 bits per heavy atom. The minimum atomic E-state index is -0.607. The second-order valence-corrected chi connectivity index (χ2v) is 7.63. The van der Waals surface area contributed by atoms with Crippen LogP contribution in [0.25, 0.3) is 10.9 Å². The molecule has 4 rings (SSSR count). The van der Waals surface area contributed by atoms with Crippen LogP contribution in [0, 0.1) is 0 Å². The number of anilines is 2. The van der Waals surface area contributed by atoms with Crippen molar-refractivity contribution in [3.63, 3.8) is 0 Å². The van der Waals surface area contributed by atoms with Gasteiger partial charge in [-0.3, -0.25) is 4.79 Å². The third-order valence-corrected chi connectivity index (χ3v) is 5.34. The first-order valence-corrected chi connectivity index (χ1v) is 10.5. The summed E-state index contributed by atoms with van der Waals surface area (Å²) in [5.41, 5.74) is 2.91. The van der Waals surface area contributed by atoms with Gasteiger partial charge < -0.3 is 19.5 Å². The number of fused-ring (bicyclic) bond motifs is 1. The van der Waals surface area contributed by atoms with Gasteiger partial charge in [-0.1, -0.05) is 48.0 Å². The molecular formula is C25H22ClN3O4. The van der Waals surface area contributed by atoms with Gasteiger partial charge in [0.25, 0.3) is 0 Å². The molecule has 168 valence electrons. The van der Waals surface area contributed by atoms with Gasteiger partial charge in [0.05, 0.1) is 19.7 Å². The van der Waals surface area contributed by atoms with E-state index < -0.39 is 12.1 Å². The zero-order valence-corrected chi connectivity index (χ0v) is 19.1. The number of carbonyl (C=O) groups excluding carboxylic acids is 1. The van der Waals surface area contributed by atoms with Crippen molar-refractivity contribution in [2.24, 2.45) is 0 Å². The first kappa shape index (κ1) is 22.4. The number of methoxy groups -OCH3 is 2. The van der Waals surface area contributed by atoms with Gasteiger partial charge >= 0.3 is 5.97 Å². The van der Waals surface area contributed by atoms with E-state index in [4.69, 9.17) is 25.8 Å². The van der Waals surface area contributed by atoms with Crippen molar-refractivity contribution in [1.82, 2.24) is 9.97 Å². The molecule has 0 saturated heterocycles. The number of rotatable bonds is 7.